The lowest BCUT2D eigenvalue weighted by atomic mass is 9.96. The van der Waals surface area contributed by atoms with E-state index in [2.05, 4.69) is 6.07 Å². The van der Waals surface area contributed by atoms with Crippen LogP contribution in [0.25, 0.3) is 21.9 Å². The van der Waals surface area contributed by atoms with E-state index in [0.717, 1.165) is 5.56 Å². The Morgan fingerprint density at radius 3 is 2.38 bits per heavy atom. The first-order valence-electron chi connectivity index (χ1n) is 7.36. The smallest absolute Gasteiger partial charge is 0.259 e. The Bertz CT molecular complexity index is 1030. The van der Waals surface area contributed by atoms with E-state index in [1.54, 1.807) is 39.5 Å². The number of hydrogen-bond acceptors (Lipinski definition) is 4. The standard InChI is InChI=1S/C19H16N2O3/c1-21-17(11-20)18(12-5-4-6-13(9-12)23-2)16-10-14(24-3)7-8-15(16)19(21)22/h4-10H,1-3H3. The molecule has 3 aromatic rings. The van der Waals surface area contributed by atoms with Crippen LogP contribution in [-0.4, -0.2) is 18.8 Å². The van der Waals surface area contributed by atoms with Crippen LogP contribution in [0.5, 0.6) is 11.5 Å². The van der Waals surface area contributed by atoms with Gasteiger partial charge in [0.05, 0.1) is 14.2 Å². The quantitative estimate of drug-likeness (QED) is 0.744. The molecule has 0 aliphatic rings. The van der Waals surface area contributed by atoms with Gasteiger partial charge in [0.25, 0.3) is 5.56 Å². The van der Waals surface area contributed by atoms with Crippen molar-refractivity contribution in [2.24, 2.45) is 7.05 Å². The van der Waals surface area contributed by atoms with Crippen molar-refractivity contribution in [3.8, 4) is 28.7 Å². The average Bonchev–Trinajstić information content (AvgIpc) is 2.63. The second-order valence-corrected chi connectivity index (χ2v) is 5.34. The Morgan fingerprint density at radius 1 is 1.00 bits per heavy atom. The van der Waals surface area contributed by atoms with Gasteiger partial charge in [0, 0.05) is 23.4 Å². The number of hydrogen-bond donors (Lipinski definition) is 0. The van der Waals surface area contributed by atoms with Crippen LogP contribution >= 0.6 is 0 Å². The van der Waals surface area contributed by atoms with Gasteiger partial charge in [0.2, 0.25) is 0 Å². The molecule has 5 nitrogen and oxygen atoms in total. The lowest BCUT2D eigenvalue weighted by Gasteiger charge is -2.14. The van der Waals surface area contributed by atoms with Crippen LogP contribution in [0.15, 0.2) is 47.3 Å². The summed E-state index contributed by atoms with van der Waals surface area (Å²) in [5.41, 5.74) is 1.58. The zero-order valence-electron chi connectivity index (χ0n) is 13.7. The van der Waals surface area contributed by atoms with E-state index in [9.17, 15) is 10.1 Å². The molecule has 0 unspecified atom stereocenters. The number of pyridine rings is 1. The number of fused-ring (bicyclic) bond motifs is 1. The molecule has 1 heterocycles. The third-order valence-electron chi connectivity index (χ3n) is 4.07. The molecular formula is C19H16N2O3. The molecule has 0 atom stereocenters. The van der Waals surface area contributed by atoms with E-state index in [1.165, 1.54) is 4.57 Å². The Balaban J connectivity index is 2.50. The van der Waals surface area contributed by atoms with Gasteiger partial charge in [-0.2, -0.15) is 5.26 Å². The van der Waals surface area contributed by atoms with Crippen molar-refractivity contribution in [3.05, 3.63) is 58.5 Å². The maximum atomic E-state index is 12.6. The second kappa shape index (κ2) is 6.09. The number of ether oxygens (including phenoxy) is 2. The van der Waals surface area contributed by atoms with Gasteiger partial charge < -0.3 is 14.0 Å². The number of methoxy groups -OCH3 is 2. The van der Waals surface area contributed by atoms with E-state index in [-0.39, 0.29) is 5.56 Å². The molecule has 0 saturated heterocycles. The topological polar surface area (TPSA) is 64.2 Å². The number of nitriles is 1. The first kappa shape index (κ1) is 15.6. The summed E-state index contributed by atoms with van der Waals surface area (Å²) in [4.78, 5) is 12.6. The Labute approximate surface area is 139 Å². The molecule has 2 aromatic carbocycles. The number of aromatic nitrogens is 1. The molecule has 1 aromatic heterocycles. The van der Waals surface area contributed by atoms with Crippen LogP contribution in [-0.2, 0) is 7.05 Å². The van der Waals surface area contributed by atoms with Crippen molar-refractivity contribution in [1.82, 2.24) is 4.57 Å². The number of rotatable bonds is 3. The molecule has 120 valence electrons. The van der Waals surface area contributed by atoms with Gasteiger partial charge in [0.1, 0.15) is 23.3 Å². The number of benzene rings is 2. The first-order chi connectivity index (χ1) is 11.6. The third-order valence-corrected chi connectivity index (χ3v) is 4.07. The van der Waals surface area contributed by atoms with Gasteiger partial charge in [0.15, 0.2) is 0 Å². The molecule has 0 aliphatic carbocycles. The molecule has 0 bridgehead atoms. The highest BCUT2D eigenvalue weighted by Crippen LogP contribution is 2.33. The van der Waals surface area contributed by atoms with Gasteiger partial charge in [-0.1, -0.05) is 12.1 Å². The fourth-order valence-corrected chi connectivity index (χ4v) is 2.82. The second-order valence-electron chi connectivity index (χ2n) is 5.34. The zero-order valence-corrected chi connectivity index (χ0v) is 13.7. The van der Waals surface area contributed by atoms with Crippen LogP contribution in [0.2, 0.25) is 0 Å². The van der Waals surface area contributed by atoms with E-state index in [0.29, 0.717) is 33.5 Å². The van der Waals surface area contributed by atoms with Gasteiger partial charge >= 0.3 is 0 Å². The summed E-state index contributed by atoms with van der Waals surface area (Å²) in [5.74, 6) is 1.31. The zero-order chi connectivity index (χ0) is 17.3. The molecule has 3 rings (SSSR count). The highest BCUT2D eigenvalue weighted by atomic mass is 16.5. The van der Waals surface area contributed by atoms with Gasteiger partial charge in [-0.05, 0) is 35.9 Å². The van der Waals surface area contributed by atoms with E-state index in [1.807, 2.05) is 24.3 Å². The minimum absolute atomic E-state index is 0.212. The Kier molecular flexibility index (Phi) is 3.97. The van der Waals surface area contributed by atoms with E-state index >= 15 is 0 Å². The minimum Gasteiger partial charge on any atom is -0.497 e. The normalized spacial score (nSPS) is 10.4. The highest BCUT2D eigenvalue weighted by molar-refractivity contribution is 5.99. The molecule has 0 aliphatic heterocycles. The summed E-state index contributed by atoms with van der Waals surface area (Å²) in [6.07, 6.45) is 0. The van der Waals surface area contributed by atoms with Crippen molar-refractivity contribution >= 4 is 10.8 Å². The summed E-state index contributed by atoms with van der Waals surface area (Å²) in [6, 6.07) is 14.8. The Morgan fingerprint density at radius 2 is 1.71 bits per heavy atom. The van der Waals surface area contributed by atoms with Crippen LogP contribution in [0.4, 0.5) is 0 Å². The summed E-state index contributed by atoms with van der Waals surface area (Å²) >= 11 is 0. The average molecular weight is 320 g/mol. The largest absolute Gasteiger partial charge is 0.497 e. The predicted molar refractivity (Wildman–Crippen MR) is 92.4 cm³/mol. The molecule has 0 amide bonds. The van der Waals surface area contributed by atoms with Crippen molar-refractivity contribution in [2.45, 2.75) is 0 Å². The molecule has 24 heavy (non-hydrogen) atoms. The monoisotopic (exact) mass is 320 g/mol. The maximum Gasteiger partial charge on any atom is 0.259 e. The molecule has 0 spiro atoms. The van der Waals surface area contributed by atoms with Crippen molar-refractivity contribution < 1.29 is 9.47 Å². The van der Waals surface area contributed by atoms with E-state index in [4.69, 9.17) is 9.47 Å². The van der Waals surface area contributed by atoms with Crippen LogP contribution in [0.1, 0.15) is 5.69 Å². The summed E-state index contributed by atoms with van der Waals surface area (Å²) in [6.45, 7) is 0. The number of nitrogens with zero attached hydrogens (tertiary/aromatic N) is 2. The van der Waals surface area contributed by atoms with Gasteiger partial charge in [-0.3, -0.25) is 4.79 Å². The fraction of sp³-hybridized carbons (Fsp3) is 0.158. The third kappa shape index (κ3) is 2.38. The fourth-order valence-electron chi connectivity index (χ4n) is 2.82. The van der Waals surface area contributed by atoms with Gasteiger partial charge in [-0.25, -0.2) is 0 Å². The van der Waals surface area contributed by atoms with Crippen LogP contribution < -0.4 is 15.0 Å². The minimum atomic E-state index is -0.212. The molecule has 0 fully saturated rings. The molecule has 0 N–H and O–H groups in total. The molecule has 5 heteroatoms. The Hall–Kier alpha value is -3.26. The summed E-state index contributed by atoms with van der Waals surface area (Å²) in [7, 11) is 4.76. The summed E-state index contributed by atoms with van der Waals surface area (Å²) < 4.78 is 11.9. The van der Waals surface area contributed by atoms with Crippen molar-refractivity contribution in [1.29, 1.82) is 5.26 Å². The highest BCUT2D eigenvalue weighted by Gasteiger charge is 2.17. The van der Waals surface area contributed by atoms with Crippen LogP contribution in [0, 0.1) is 11.3 Å². The van der Waals surface area contributed by atoms with Crippen LogP contribution in [0.3, 0.4) is 0 Å². The van der Waals surface area contributed by atoms with E-state index < -0.39 is 0 Å². The maximum absolute atomic E-state index is 12.6. The molecule has 0 radical (unpaired) electrons. The SMILES string of the molecule is COc1cccc(-c2c(C#N)n(C)c(=O)c3ccc(OC)cc23)c1. The van der Waals surface area contributed by atoms with Crippen molar-refractivity contribution in [3.63, 3.8) is 0 Å². The predicted octanol–water partition coefficient (Wildman–Crippen LogP) is 3.09. The van der Waals surface area contributed by atoms with Crippen molar-refractivity contribution in [2.75, 3.05) is 14.2 Å². The first-order valence-corrected chi connectivity index (χ1v) is 7.36. The lowest BCUT2D eigenvalue weighted by molar-refractivity contribution is 0.415. The lowest BCUT2D eigenvalue weighted by Crippen LogP contribution is -2.20. The molecule has 0 saturated carbocycles. The molecular weight excluding hydrogens is 304 g/mol. The summed E-state index contributed by atoms with van der Waals surface area (Å²) in [5, 5.41) is 10.8. The van der Waals surface area contributed by atoms with Gasteiger partial charge in [-0.15, -0.1) is 0 Å².